The molecule has 0 spiro atoms. The molecule has 1 heterocycles. The van der Waals surface area contributed by atoms with E-state index in [0.717, 1.165) is 17.9 Å². The molecule has 72 valence electrons. The summed E-state index contributed by atoms with van der Waals surface area (Å²) in [5.41, 5.74) is 4.95. The molecule has 1 aromatic heterocycles. The van der Waals surface area contributed by atoms with Crippen LogP contribution in [0.2, 0.25) is 0 Å². The summed E-state index contributed by atoms with van der Waals surface area (Å²) in [6.07, 6.45) is 0.779. The van der Waals surface area contributed by atoms with E-state index in [1.165, 1.54) is 0 Å². The summed E-state index contributed by atoms with van der Waals surface area (Å²) in [5.74, 6) is 1.50. The standard InChI is InChI=1S/C9H14N2O2/c1-7-2-3-8(13-7)4-5-11-6-9(10)12/h2-3,11H,4-6H2,1H3,(H2,10,12). The molecule has 0 saturated heterocycles. The van der Waals surface area contributed by atoms with Crippen LogP contribution in [0.25, 0.3) is 0 Å². The fourth-order valence-electron chi connectivity index (χ4n) is 1.04. The SMILES string of the molecule is Cc1ccc(CCNCC(N)=O)o1. The van der Waals surface area contributed by atoms with Gasteiger partial charge in [0.1, 0.15) is 11.5 Å². The summed E-state index contributed by atoms with van der Waals surface area (Å²) in [7, 11) is 0. The normalized spacial score (nSPS) is 10.2. The Morgan fingerprint density at radius 1 is 1.62 bits per heavy atom. The van der Waals surface area contributed by atoms with Crippen LogP contribution in [0.4, 0.5) is 0 Å². The van der Waals surface area contributed by atoms with Crippen molar-refractivity contribution in [1.82, 2.24) is 5.32 Å². The molecular formula is C9H14N2O2. The van der Waals surface area contributed by atoms with Gasteiger partial charge in [-0.25, -0.2) is 0 Å². The van der Waals surface area contributed by atoms with E-state index in [-0.39, 0.29) is 12.5 Å². The van der Waals surface area contributed by atoms with Crippen molar-refractivity contribution in [2.24, 2.45) is 5.73 Å². The number of primary amides is 1. The molecule has 3 N–H and O–H groups in total. The van der Waals surface area contributed by atoms with E-state index in [0.29, 0.717) is 6.54 Å². The molecule has 0 fully saturated rings. The summed E-state index contributed by atoms with van der Waals surface area (Å²) in [5, 5.41) is 2.91. The molecule has 0 saturated carbocycles. The van der Waals surface area contributed by atoms with Gasteiger partial charge in [-0.1, -0.05) is 0 Å². The van der Waals surface area contributed by atoms with E-state index in [4.69, 9.17) is 10.2 Å². The molecule has 0 unspecified atom stereocenters. The van der Waals surface area contributed by atoms with Crippen LogP contribution in [0.1, 0.15) is 11.5 Å². The molecule has 0 aliphatic heterocycles. The van der Waals surface area contributed by atoms with Crippen LogP contribution in [-0.4, -0.2) is 19.0 Å². The Morgan fingerprint density at radius 2 is 2.38 bits per heavy atom. The molecule has 0 radical (unpaired) electrons. The lowest BCUT2D eigenvalue weighted by Gasteiger charge is -1.98. The number of furan rings is 1. The minimum Gasteiger partial charge on any atom is -0.466 e. The van der Waals surface area contributed by atoms with Gasteiger partial charge in [-0.15, -0.1) is 0 Å². The van der Waals surface area contributed by atoms with Crippen LogP contribution in [0.3, 0.4) is 0 Å². The first-order valence-electron chi connectivity index (χ1n) is 4.23. The fourth-order valence-corrected chi connectivity index (χ4v) is 1.04. The van der Waals surface area contributed by atoms with E-state index in [1.807, 2.05) is 19.1 Å². The van der Waals surface area contributed by atoms with Crippen molar-refractivity contribution in [2.45, 2.75) is 13.3 Å². The van der Waals surface area contributed by atoms with Gasteiger partial charge in [0, 0.05) is 13.0 Å². The largest absolute Gasteiger partial charge is 0.466 e. The zero-order chi connectivity index (χ0) is 9.68. The molecule has 4 heteroatoms. The molecule has 0 bridgehead atoms. The van der Waals surface area contributed by atoms with E-state index >= 15 is 0 Å². The number of amides is 1. The lowest BCUT2D eigenvalue weighted by Crippen LogP contribution is -2.29. The summed E-state index contributed by atoms with van der Waals surface area (Å²) in [4.78, 5) is 10.4. The van der Waals surface area contributed by atoms with Gasteiger partial charge >= 0.3 is 0 Å². The van der Waals surface area contributed by atoms with Crippen LogP contribution in [0.15, 0.2) is 16.5 Å². The smallest absolute Gasteiger partial charge is 0.231 e. The summed E-state index contributed by atoms with van der Waals surface area (Å²) in [6.45, 7) is 2.83. The van der Waals surface area contributed by atoms with Crippen molar-refractivity contribution in [3.63, 3.8) is 0 Å². The van der Waals surface area contributed by atoms with Gasteiger partial charge in [0.15, 0.2) is 0 Å². The first-order chi connectivity index (χ1) is 6.18. The fraction of sp³-hybridized carbons (Fsp3) is 0.444. The minimum absolute atomic E-state index is 0.222. The number of rotatable bonds is 5. The van der Waals surface area contributed by atoms with Crippen molar-refractivity contribution in [3.8, 4) is 0 Å². The predicted molar refractivity (Wildman–Crippen MR) is 49.2 cm³/mol. The summed E-state index contributed by atoms with van der Waals surface area (Å²) in [6, 6.07) is 3.85. The Kier molecular flexibility index (Phi) is 3.52. The Bertz CT molecular complexity index is 281. The highest BCUT2D eigenvalue weighted by molar-refractivity contribution is 5.75. The predicted octanol–water partition coefficient (Wildman–Crippen LogP) is 0.205. The van der Waals surface area contributed by atoms with Gasteiger partial charge in [-0.3, -0.25) is 4.79 Å². The average Bonchev–Trinajstić information content (AvgIpc) is 2.45. The molecule has 0 aliphatic rings. The highest BCUT2D eigenvalue weighted by Crippen LogP contribution is 2.05. The number of carbonyl (C=O) groups is 1. The molecule has 1 amide bonds. The Balaban J connectivity index is 2.16. The van der Waals surface area contributed by atoms with Crippen molar-refractivity contribution in [1.29, 1.82) is 0 Å². The lowest BCUT2D eigenvalue weighted by molar-refractivity contribution is -0.117. The molecule has 1 aromatic rings. The van der Waals surface area contributed by atoms with Gasteiger partial charge in [-0.05, 0) is 19.1 Å². The van der Waals surface area contributed by atoms with E-state index in [2.05, 4.69) is 5.32 Å². The quantitative estimate of drug-likeness (QED) is 0.639. The molecule has 0 aromatic carbocycles. The third-order valence-corrected chi connectivity index (χ3v) is 1.64. The first-order valence-corrected chi connectivity index (χ1v) is 4.23. The second-order valence-electron chi connectivity index (χ2n) is 2.91. The second-order valence-corrected chi connectivity index (χ2v) is 2.91. The Hall–Kier alpha value is -1.29. The zero-order valence-electron chi connectivity index (χ0n) is 7.67. The molecule has 1 rings (SSSR count). The van der Waals surface area contributed by atoms with Gasteiger partial charge in [-0.2, -0.15) is 0 Å². The number of nitrogens with one attached hydrogen (secondary N) is 1. The van der Waals surface area contributed by atoms with E-state index in [9.17, 15) is 4.79 Å². The van der Waals surface area contributed by atoms with Crippen molar-refractivity contribution < 1.29 is 9.21 Å². The molecule has 4 nitrogen and oxygen atoms in total. The monoisotopic (exact) mass is 182 g/mol. The molecule has 0 atom stereocenters. The zero-order valence-corrected chi connectivity index (χ0v) is 7.67. The van der Waals surface area contributed by atoms with Gasteiger partial charge in [0.25, 0.3) is 0 Å². The highest BCUT2D eigenvalue weighted by atomic mass is 16.3. The van der Waals surface area contributed by atoms with Crippen LogP contribution in [0.5, 0.6) is 0 Å². The number of nitrogens with two attached hydrogens (primary N) is 1. The van der Waals surface area contributed by atoms with Gasteiger partial charge in [0.05, 0.1) is 6.54 Å². The Labute approximate surface area is 77.1 Å². The number of aryl methyl sites for hydroxylation is 1. The molecular weight excluding hydrogens is 168 g/mol. The van der Waals surface area contributed by atoms with Crippen LogP contribution < -0.4 is 11.1 Å². The maximum Gasteiger partial charge on any atom is 0.231 e. The average molecular weight is 182 g/mol. The number of hydrogen-bond donors (Lipinski definition) is 2. The van der Waals surface area contributed by atoms with E-state index in [1.54, 1.807) is 0 Å². The van der Waals surface area contributed by atoms with Crippen LogP contribution in [0, 0.1) is 6.92 Å². The second kappa shape index (κ2) is 4.67. The minimum atomic E-state index is -0.337. The maximum absolute atomic E-state index is 10.4. The van der Waals surface area contributed by atoms with Gasteiger partial charge in [0.2, 0.25) is 5.91 Å². The Morgan fingerprint density at radius 3 is 2.92 bits per heavy atom. The molecule has 13 heavy (non-hydrogen) atoms. The third kappa shape index (κ3) is 3.75. The van der Waals surface area contributed by atoms with Crippen molar-refractivity contribution in [3.05, 3.63) is 23.7 Å². The summed E-state index contributed by atoms with van der Waals surface area (Å²) >= 11 is 0. The lowest BCUT2D eigenvalue weighted by atomic mass is 10.3. The molecule has 0 aliphatic carbocycles. The van der Waals surface area contributed by atoms with Crippen LogP contribution >= 0.6 is 0 Å². The number of hydrogen-bond acceptors (Lipinski definition) is 3. The third-order valence-electron chi connectivity index (χ3n) is 1.64. The summed E-state index contributed by atoms with van der Waals surface area (Å²) < 4.78 is 5.33. The van der Waals surface area contributed by atoms with Crippen molar-refractivity contribution >= 4 is 5.91 Å². The topological polar surface area (TPSA) is 68.3 Å². The first kappa shape index (κ1) is 9.80. The number of carbonyl (C=O) groups excluding carboxylic acids is 1. The highest BCUT2D eigenvalue weighted by Gasteiger charge is 1.98. The van der Waals surface area contributed by atoms with Gasteiger partial charge < -0.3 is 15.5 Å². The van der Waals surface area contributed by atoms with Crippen LogP contribution in [-0.2, 0) is 11.2 Å². The maximum atomic E-state index is 10.4. The van der Waals surface area contributed by atoms with Crippen molar-refractivity contribution in [2.75, 3.05) is 13.1 Å². The van der Waals surface area contributed by atoms with E-state index < -0.39 is 0 Å².